The molecule has 0 heterocycles. The zero-order valence-corrected chi connectivity index (χ0v) is 9.48. The average Bonchev–Trinajstić information content (AvgIpc) is 2.08. The zero-order valence-electron chi connectivity index (χ0n) is 8.48. The molecule has 0 nitrogen and oxygen atoms in total. The van der Waals surface area contributed by atoms with Crippen molar-refractivity contribution in [1.29, 1.82) is 0 Å². The van der Waals surface area contributed by atoms with Gasteiger partial charge in [-0.2, -0.15) is 0 Å². The molecule has 0 amide bonds. The molecule has 11 heavy (non-hydrogen) atoms. The van der Waals surface area contributed by atoms with E-state index in [0.717, 1.165) is 0 Å². The van der Waals surface area contributed by atoms with Crippen LogP contribution in [0.2, 0.25) is 0 Å². The third kappa shape index (κ3) is 3.38. The minimum atomic E-state index is -0.919. The third-order valence-electron chi connectivity index (χ3n) is 2.82. The van der Waals surface area contributed by atoms with Gasteiger partial charge in [-0.25, -0.2) is 0 Å². The van der Waals surface area contributed by atoms with Crippen molar-refractivity contribution in [3.8, 4) is 0 Å². The molecule has 0 bridgehead atoms. The Morgan fingerprint density at radius 2 is 1.36 bits per heavy atom. The molecule has 0 N–H and O–H groups in total. The van der Waals surface area contributed by atoms with Crippen molar-refractivity contribution >= 4 is 7.26 Å². The minimum absolute atomic E-state index is 0.919. The zero-order chi connectivity index (χ0) is 8.74. The van der Waals surface area contributed by atoms with Crippen LogP contribution in [-0.4, -0.2) is 18.5 Å². The standard InChI is InChI=1S/C10H23P/c1-5-9-10-11(6-2,7-3)8-4/h9-11H,5-8H2,1-4H3/b10-9+. The van der Waals surface area contributed by atoms with E-state index in [1.807, 2.05) is 0 Å². The van der Waals surface area contributed by atoms with Crippen LogP contribution in [0.15, 0.2) is 11.9 Å². The molecule has 0 aromatic heterocycles. The van der Waals surface area contributed by atoms with Crippen LogP contribution in [0.1, 0.15) is 34.1 Å². The van der Waals surface area contributed by atoms with Gasteiger partial charge in [0.05, 0.1) is 0 Å². The molecule has 0 unspecified atom stereocenters. The summed E-state index contributed by atoms with van der Waals surface area (Å²) < 4.78 is 0. The van der Waals surface area contributed by atoms with Gasteiger partial charge in [0.15, 0.2) is 0 Å². The second-order valence-corrected chi connectivity index (χ2v) is 8.41. The molecule has 0 spiro atoms. The van der Waals surface area contributed by atoms with Crippen molar-refractivity contribution < 1.29 is 0 Å². The summed E-state index contributed by atoms with van der Waals surface area (Å²) in [5.41, 5.74) is 0. The van der Waals surface area contributed by atoms with Gasteiger partial charge in [-0.05, 0) is 0 Å². The molecule has 0 atom stereocenters. The topological polar surface area (TPSA) is 0 Å². The molecule has 0 aliphatic rings. The van der Waals surface area contributed by atoms with E-state index in [2.05, 4.69) is 39.6 Å². The molecular weight excluding hydrogens is 151 g/mol. The fourth-order valence-corrected chi connectivity index (χ4v) is 4.41. The first kappa shape index (κ1) is 11.2. The Balaban J connectivity index is 4.16. The predicted octanol–water partition coefficient (Wildman–Crippen LogP) is 3.72. The molecule has 0 aromatic carbocycles. The maximum atomic E-state index is 2.55. The Kier molecular flexibility index (Phi) is 5.86. The molecule has 0 saturated carbocycles. The first-order chi connectivity index (χ1) is 5.24. The van der Waals surface area contributed by atoms with Crippen LogP contribution in [0.4, 0.5) is 0 Å². The molecule has 0 aromatic rings. The quantitative estimate of drug-likeness (QED) is 0.557. The molecule has 68 valence electrons. The van der Waals surface area contributed by atoms with Crippen LogP contribution < -0.4 is 0 Å². The van der Waals surface area contributed by atoms with E-state index in [4.69, 9.17) is 0 Å². The fraction of sp³-hybridized carbons (Fsp3) is 0.800. The first-order valence-corrected chi connectivity index (χ1v) is 7.62. The van der Waals surface area contributed by atoms with E-state index in [1.165, 1.54) is 24.9 Å². The predicted molar refractivity (Wildman–Crippen MR) is 59.4 cm³/mol. The number of rotatable bonds is 5. The molecule has 0 radical (unpaired) electrons. The first-order valence-electron chi connectivity index (χ1n) is 4.92. The van der Waals surface area contributed by atoms with E-state index in [-0.39, 0.29) is 0 Å². The number of hydrogen-bond acceptors (Lipinski definition) is 0. The van der Waals surface area contributed by atoms with E-state index < -0.39 is 7.26 Å². The van der Waals surface area contributed by atoms with E-state index in [0.29, 0.717) is 0 Å². The molecule has 0 aliphatic carbocycles. The van der Waals surface area contributed by atoms with Gasteiger partial charge in [0.2, 0.25) is 0 Å². The van der Waals surface area contributed by atoms with E-state index in [1.54, 1.807) is 0 Å². The summed E-state index contributed by atoms with van der Waals surface area (Å²) in [4.78, 5) is 0. The summed E-state index contributed by atoms with van der Waals surface area (Å²) in [6.45, 7) is 9.26. The van der Waals surface area contributed by atoms with Crippen LogP contribution in [0, 0.1) is 0 Å². The number of allylic oxidation sites excluding steroid dienone is 1. The third-order valence-corrected chi connectivity index (χ3v) is 7.99. The van der Waals surface area contributed by atoms with Crippen molar-refractivity contribution in [2.24, 2.45) is 0 Å². The van der Waals surface area contributed by atoms with E-state index in [9.17, 15) is 0 Å². The molecule has 0 fully saturated rings. The van der Waals surface area contributed by atoms with Gasteiger partial charge in [0, 0.05) is 0 Å². The molecule has 0 saturated heterocycles. The Morgan fingerprint density at radius 3 is 1.64 bits per heavy atom. The van der Waals surface area contributed by atoms with Gasteiger partial charge in [0.25, 0.3) is 0 Å². The normalized spacial score (nSPS) is 14.2. The SMILES string of the molecule is CC/C=C/[PH](CC)(CC)CC. The fourth-order valence-electron chi connectivity index (χ4n) is 1.47. The van der Waals surface area contributed by atoms with Crippen LogP contribution in [0.25, 0.3) is 0 Å². The van der Waals surface area contributed by atoms with Crippen molar-refractivity contribution in [2.45, 2.75) is 34.1 Å². The van der Waals surface area contributed by atoms with Crippen molar-refractivity contribution in [1.82, 2.24) is 0 Å². The summed E-state index contributed by atoms with van der Waals surface area (Å²) in [5.74, 6) is 2.55. The molecule has 1 heteroatoms. The summed E-state index contributed by atoms with van der Waals surface area (Å²) >= 11 is 0. The van der Waals surface area contributed by atoms with Crippen LogP contribution in [0.5, 0.6) is 0 Å². The second kappa shape index (κ2) is 5.77. The van der Waals surface area contributed by atoms with Gasteiger partial charge in [-0.3, -0.25) is 0 Å². The van der Waals surface area contributed by atoms with Crippen LogP contribution in [0.3, 0.4) is 0 Å². The molecular formula is C10H23P. The Hall–Kier alpha value is 0.170. The maximum absolute atomic E-state index is 2.55. The Morgan fingerprint density at radius 1 is 0.909 bits per heavy atom. The monoisotopic (exact) mass is 174 g/mol. The summed E-state index contributed by atoms with van der Waals surface area (Å²) in [5, 5.41) is 0. The Labute approximate surface area is 72.4 Å². The van der Waals surface area contributed by atoms with Crippen molar-refractivity contribution in [2.75, 3.05) is 18.5 Å². The second-order valence-electron chi connectivity index (χ2n) is 3.23. The number of hydrogen-bond donors (Lipinski definition) is 0. The van der Waals surface area contributed by atoms with Crippen molar-refractivity contribution in [3.05, 3.63) is 11.9 Å². The summed E-state index contributed by atoms with van der Waals surface area (Å²) in [6, 6.07) is 0. The summed E-state index contributed by atoms with van der Waals surface area (Å²) in [6.07, 6.45) is 7.81. The van der Waals surface area contributed by atoms with E-state index >= 15 is 0 Å². The van der Waals surface area contributed by atoms with Gasteiger partial charge in [0.1, 0.15) is 0 Å². The van der Waals surface area contributed by atoms with Gasteiger partial charge < -0.3 is 0 Å². The van der Waals surface area contributed by atoms with Gasteiger partial charge >= 0.3 is 71.8 Å². The molecule has 0 aliphatic heterocycles. The van der Waals surface area contributed by atoms with Gasteiger partial charge in [-0.15, -0.1) is 0 Å². The summed E-state index contributed by atoms with van der Waals surface area (Å²) in [7, 11) is -0.919. The Bertz CT molecular complexity index is 104. The average molecular weight is 174 g/mol. The van der Waals surface area contributed by atoms with Crippen LogP contribution in [-0.2, 0) is 0 Å². The van der Waals surface area contributed by atoms with Crippen molar-refractivity contribution in [3.63, 3.8) is 0 Å². The van der Waals surface area contributed by atoms with Gasteiger partial charge in [-0.1, -0.05) is 0 Å². The molecule has 0 rings (SSSR count). The van der Waals surface area contributed by atoms with Crippen LogP contribution >= 0.6 is 7.26 Å².